The lowest BCUT2D eigenvalue weighted by Gasteiger charge is -2.30. The number of carbonyl (C=O) groups excluding carboxylic acids is 2. The molecule has 34 heavy (non-hydrogen) atoms. The fourth-order valence-corrected chi connectivity index (χ4v) is 4.35. The maximum Gasteiger partial charge on any atom is 0.237 e. The molecule has 1 aliphatic rings. The number of aliphatic imine (C=N–C) groups is 1. The number of fused-ring (bicyclic) bond motifs is 1. The Kier molecular flexibility index (Phi) is 7.14. The van der Waals surface area contributed by atoms with Crippen molar-refractivity contribution in [3.63, 3.8) is 0 Å². The third-order valence-corrected chi connectivity index (χ3v) is 6.60. The van der Waals surface area contributed by atoms with Gasteiger partial charge in [0.2, 0.25) is 5.91 Å². The molecule has 6 nitrogen and oxygen atoms in total. The molecule has 0 fully saturated rings. The highest BCUT2D eigenvalue weighted by atomic mass is 32.1. The average Bonchev–Trinajstić information content (AvgIpc) is 2.99. The van der Waals surface area contributed by atoms with Gasteiger partial charge in [-0.15, -0.1) is 0 Å². The normalized spacial score (nSPS) is 19.3. The predicted molar refractivity (Wildman–Crippen MR) is 139 cm³/mol. The minimum atomic E-state index is -0.877. The van der Waals surface area contributed by atoms with E-state index in [1.165, 1.54) is 0 Å². The van der Waals surface area contributed by atoms with Gasteiger partial charge >= 0.3 is 0 Å². The molecule has 4 rings (SSSR count). The van der Waals surface area contributed by atoms with Crippen LogP contribution in [0.3, 0.4) is 0 Å². The molecule has 1 heterocycles. The van der Waals surface area contributed by atoms with Gasteiger partial charge in [-0.25, -0.2) is 0 Å². The fourth-order valence-electron chi connectivity index (χ4n) is 4.10. The monoisotopic (exact) mass is 472 g/mol. The Labute approximate surface area is 205 Å². The van der Waals surface area contributed by atoms with E-state index < -0.39 is 23.5 Å². The van der Waals surface area contributed by atoms with Gasteiger partial charge in [-0.2, -0.15) is 12.6 Å². The molecule has 1 aliphatic heterocycles. The molecule has 3 aromatic rings. The van der Waals surface area contributed by atoms with Gasteiger partial charge in [0.05, 0.1) is 11.8 Å². The van der Waals surface area contributed by atoms with Crippen LogP contribution >= 0.6 is 12.6 Å². The van der Waals surface area contributed by atoms with Crippen molar-refractivity contribution < 1.29 is 9.59 Å². The Balaban J connectivity index is 1.64. The number of amides is 1. The molecule has 3 unspecified atom stereocenters. The SMILES string of the molecule is CC(NC(=O)C(S)c1ccccc1)C(=O)C1N=C(c2ccccc2)c2ccccc2N(C)[C@@H]1N. The molecule has 0 radical (unpaired) electrons. The Hall–Kier alpha value is -3.42. The summed E-state index contributed by atoms with van der Waals surface area (Å²) in [7, 11) is 1.86. The van der Waals surface area contributed by atoms with E-state index in [2.05, 4.69) is 17.9 Å². The lowest BCUT2D eigenvalue weighted by Crippen LogP contribution is -2.55. The van der Waals surface area contributed by atoms with E-state index in [0.29, 0.717) is 5.71 Å². The zero-order valence-corrected chi connectivity index (χ0v) is 20.0. The van der Waals surface area contributed by atoms with Crippen LogP contribution in [0.25, 0.3) is 0 Å². The number of hydrogen-bond acceptors (Lipinski definition) is 6. The van der Waals surface area contributed by atoms with Crippen molar-refractivity contribution in [2.24, 2.45) is 10.7 Å². The summed E-state index contributed by atoms with van der Waals surface area (Å²) in [5.74, 6) is -0.607. The number of Topliss-reactive ketones (excluding diaryl/α,β-unsaturated/α-hetero) is 1. The van der Waals surface area contributed by atoms with Gasteiger partial charge in [-0.3, -0.25) is 14.6 Å². The number of benzene rings is 3. The van der Waals surface area contributed by atoms with Gasteiger partial charge in [0.1, 0.15) is 17.5 Å². The van der Waals surface area contributed by atoms with E-state index in [1.54, 1.807) is 6.92 Å². The quantitative estimate of drug-likeness (QED) is 0.480. The van der Waals surface area contributed by atoms with E-state index in [1.807, 2.05) is 96.9 Å². The molecule has 3 aromatic carbocycles. The largest absolute Gasteiger partial charge is 0.356 e. The smallest absolute Gasteiger partial charge is 0.237 e. The first kappa shape index (κ1) is 23.7. The van der Waals surface area contributed by atoms with Crippen LogP contribution in [-0.2, 0) is 9.59 Å². The number of benzodiazepines with no additional fused rings is 1. The highest BCUT2D eigenvalue weighted by Gasteiger charge is 2.36. The van der Waals surface area contributed by atoms with E-state index >= 15 is 0 Å². The lowest BCUT2D eigenvalue weighted by molar-refractivity contribution is -0.128. The van der Waals surface area contributed by atoms with Gasteiger partial charge in [0, 0.05) is 23.9 Å². The van der Waals surface area contributed by atoms with Gasteiger partial charge in [0.25, 0.3) is 0 Å². The minimum Gasteiger partial charge on any atom is -0.356 e. The molecule has 1 amide bonds. The van der Waals surface area contributed by atoms with Crippen LogP contribution in [0.5, 0.6) is 0 Å². The molecule has 0 bridgehead atoms. The number of nitrogens with two attached hydrogens (primary N) is 1. The first-order valence-electron chi connectivity index (χ1n) is 11.2. The number of hydrogen-bond donors (Lipinski definition) is 3. The molecule has 174 valence electrons. The molecule has 0 aliphatic carbocycles. The number of ketones is 1. The summed E-state index contributed by atoms with van der Waals surface area (Å²) in [6, 6.07) is 25.1. The average molecular weight is 473 g/mol. The molecular formula is C27H28N4O2S. The summed E-state index contributed by atoms with van der Waals surface area (Å²) in [6.45, 7) is 1.66. The van der Waals surface area contributed by atoms with Crippen LogP contribution < -0.4 is 16.0 Å². The van der Waals surface area contributed by atoms with E-state index in [4.69, 9.17) is 10.7 Å². The molecular weight excluding hydrogens is 444 g/mol. The molecule has 0 spiro atoms. The third kappa shape index (κ3) is 4.76. The lowest BCUT2D eigenvalue weighted by atomic mass is 10.00. The van der Waals surface area contributed by atoms with Gasteiger partial charge in [-0.1, -0.05) is 78.9 Å². The molecule has 0 aromatic heterocycles. The van der Waals surface area contributed by atoms with Crippen LogP contribution in [0.15, 0.2) is 89.9 Å². The first-order valence-corrected chi connectivity index (χ1v) is 11.7. The molecule has 0 saturated heterocycles. The number of thiol groups is 1. The summed E-state index contributed by atoms with van der Waals surface area (Å²) in [5, 5.41) is 2.11. The number of carbonyl (C=O) groups is 2. The maximum atomic E-state index is 13.6. The van der Waals surface area contributed by atoms with E-state index in [-0.39, 0.29) is 11.7 Å². The van der Waals surface area contributed by atoms with Crippen molar-refractivity contribution in [3.05, 3.63) is 102 Å². The van der Waals surface area contributed by atoms with Crippen LogP contribution in [0.4, 0.5) is 5.69 Å². The van der Waals surface area contributed by atoms with Gasteiger partial charge < -0.3 is 16.0 Å². The summed E-state index contributed by atoms with van der Waals surface area (Å²) in [4.78, 5) is 33.1. The first-order chi connectivity index (χ1) is 16.4. The number of likely N-dealkylation sites (N-methyl/N-ethyl adjacent to an activating group) is 1. The summed E-state index contributed by atoms with van der Waals surface area (Å²) < 4.78 is 0. The van der Waals surface area contributed by atoms with Crippen molar-refractivity contribution in [2.45, 2.75) is 30.4 Å². The highest BCUT2D eigenvalue weighted by molar-refractivity contribution is 7.81. The highest BCUT2D eigenvalue weighted by Crippen LogP contribution is 2.29. The summed E-state index contributed by atoms with van der Waals surface area (Å²) >= 11 is 4.45. The predicted octanol–water partition coefficient (Wildman–Crippen LogP) is 3.37. The Morgan fingerprint density at radius 1 is 0.971 bits per heavy atom. The summed E-state index contributed by atoms with van der Waals surface area (Å²) in [5.41, 5.74) is 10.7. The van der Waals surface area contributed by atoms with Crippen molar-refractivity contribution in [2.75, 3.05) is 11.9 Å². The van der Waals surface area contributed by atoms with Crippen molar-refractivity contribution >= 4 is 35.7 Å². The van der Waals surface area contributed by atoms with Crippen LogP contribution in [-0.4, -0.2) is 42.7 Å². The third-order valence-electron chi connectivity index (χ3n) is 6.07. The zero-order valence-electron chi connectivity index (χ0n) is 19.1. The van der Waals surface area contributed by atoms with Crippen LogP contribution in [0, 0.1) is 0 Å². The van der Waals surface area contributed by atoms with Crippen LogP contribution in [0.1, 0.15) is 28.9 Å². The van der Waals surface area contributed by atoms with E-state index in [9.17, 15) is 9.59 Å². The molecule has 4 atom stereocenters. The Bertz CT molecular complexity index is 1200. The number of nitrogens with one attached hydrogen (secondary N) is 1. The molecule has 7 heteroatoms. The maximum absolute atomic E-state index is 13.6. The van der Waals surface area contributed by atoms with Gasteiger partial charge in [-0.05, 0) is 18.6 Å². The van der Waals surface area contributed by atoms with Gasteiger partial charge in [0.15, 0.2) is 5.78 Å². The van der Waals surface area contributed by atoms with Crippen molar-refractivity contribution in [1.82, 2.24) is 5.32 Å². The number of nitrogens with zero attached hydrogens (tertiary/aromatic N) is 2. The molecule has 0 saturated carbocycles. The Morgan fingerprint density at radius 2 is 1.56 bits per heavy atom. The van der Waals surface area contributed by atoms with Crippen molar-refractivity contribution in [1.29, 1.82) is 0 Å². The molecule has 3 N–H and O–H groups in total. The topological polar surface area (TPSA) is 87.8 Å². The number of rotatable bonds is 6. The number of anilines is 1. The Morgan fingerprint density at radius 3 is 2.24 bits per heavy atom. The van der Waals surface area contributed by atoms with Crippen molar-refractivity contribution in [3.8, 4) is 0 Å². The fraction of sp³-hybridized carbons (Fsp3) is 0.222. The number of para-hydroxylation sites is 1. The second kappa shape index (κ2) is 10.2. The van der Waals surface area contributed by atoms with E-state index in [0.717, 1.165) is 22.4 Å². The second-order valence-corrected chi connectivity index (χ2v) is 8.87. The zero-order chi connectivity index (χ0) is 24.2. The van der Waals surface area contributed by atoms with Crippen LogP contribution in [0.2, 0.25) is 0 Å². The second-order valence-electron chi connectivity index (χ2n) is 8.35. The minimum absolute atomic E-state index is 0.262. The summed E-state index contributed by atoms with van der Waals surface area (Å²) in [6.07, 6.45) is -0.699. The standard InChI is InChI=1S/C27H28N4O2S/c1-17(29-27(33)25(34)19-13-7-4-8-14-19)24(32)23-26(28)31(2)21-16-10-9-15-20(21)22(30-23)18-11-5-3-6-12-18/h3-17,23,25-26,34H,28H2,1-2H3,(H,29,33)/t17?,23?,25?,26-/m0/s1.